The van der Waals surface area contributed by atoms with E-state index in [9.17, 15) is 0 Å². The van der Waals surface area contributed by atoms with Gasteiger partial charge in [0.15, 0.2) is 0 Å². The summed E-state index contributed by atoms with van der Waals surface area (Å²) in [7, 11) is 1.73. The van der Waals surface area contributed by atoms with Crippen LogP contribution in [-0.4, -0.2) is 63.0 Å². The van der Waals surface area contributed by atoms with Crippen molar-refractivity contribution in [1.82, 2.24) is 10.2 Å². The van der Waals surface area contributed by atoms with Crippen molar-refractivity contribution < 1.29 is 9.47 Å². The van der Waals surface area contributed by atoms with Crippen LogP contribution in [0.1, 0.15) is 20.8 Å². The molecule has 0 amide bonds. The molecule has 0 aliphatic carbocycles. The van der Waals surface area contributed by atoms with Crippen molar-refractivity contribution in [2.45, 2.75) is 39.0 Å². The van der Waals surface area contributed by atoms with Crippen LogP contribution in [0.3, 0.4) is 0 Å². The third-order valence-corrected chi connectivity index (χ3v) is 3.14. The standard InChI is InChI=1S/C12H26N2O2/c1-10(7-13-5-6-15-4)14-8-12(3)16-9-11(14)2/h10-13H,5-9H2,1-4H3. The molecule has 0 aromatic carbocycles. The Labute approximate surface area is 99.3 Å². The second kappa shape index (κ2) is 7.22. The zero-order valence-electron chi connectivity index (χ0n) is 11.0. The molecule has 3 atom stereocenters. The zero-order valence-corrected chi connectivity index (χ0v) is 11.0. The van der Waals surface area contributed by atoms with Crippen LogP contribution >= 0.6 is 0 Å². The minimum absolute atomic E-state index is 0.359. The largest absolute Gasteiger partial charge is 0.383 e. The normalized spacial score (nSPS) is 29.2. The van der Waals surface area contributed by atoms with Gasteiger partial charge in [-0.1, -0.05) is 0 Å². The molecule has 0 aromatic heterocycles. The van der Waals surface area contributed by atoms with Crippen molar-refractivity contribution in [3.05, 3.63) is 0 Å². The fraction of sp³-hybridized carbons (Fsp3) is 1.00. The minimum Gasteiger partial charge on any atom is -0.383 e. The smallest absolute Gasteiger partial charge is 0.0674 e. The third kappa shape index (κ3) is 4.37. The molecule has 1 saturated heterocycles. The van der Waals surface area contributed by atoms with Gasteiger partial charge in [0.1, 0.15) is 0 Å². The van der Waals surface area contributed by atoms with Gasteiger partial charge >= 0.3 is 0 Å². The van der Waals surface area contributed by atoms with Gasteiger partial charge in [-0.3, -0.25) is 4.90 Å². The fourth-order valence-corrected chi connectivity index (χ4v) is 2.15. The van der Waals surface area contributed by atoms with Gasteiger partial charge < -0.3 is 14.8 Å². The molecule has 0 bridgehead atoms. The Morgan fingerprint density at radius 2 is 2.25 bits per heavy atom. The molecule has 3 unspecified atom stereocenters. The van der Waals surface area contributed by atoms with Crippen molar-refractivity contribution >= 4 is 0 Å². The van der Waals surface area contributed by atoms with Crippen molar-refractivity contribution in [2.24, 2.45) is 0 Å². The highest BCUT2D eigenvalue weighted by molar-refractivity contribution is 4.80. The van der Waals surface area contributed by atoms with E-state index < -0.39 is 0 Å². The van der Waals surface area contributed by atoms with Gasteiger partial charge in [0.05, 0.1) is 19.3 Å². The first kappa shape index (κ1) is 13.9. The number of hydrogen-bond donors (Lipinski definition) is 1. The van der Waals surface area contributed by atoms with Gasteiger partial charge in [-0.25, -0.2) is 0 Å². The molecule has 1 rings (SSSR count). The summed E-state index contributed by atoms with van der Waals surface area (Å²) >= 11 is 0. The Morgan fingerprint density at radius 1 is 1.50 bits per heavy atom. The molecular formula is C12H26N2O2. The van der Waals surface area contributed by atoms with Gasteiger partial charge in [0.25, 0.3) is 0 Å². The first-order chi connectivity index (χ1) is 7.65. The first-order valence-electron chi connectivity index (χ1n) is 6.22. The minimum atomic E-state index is 0.359. The Balaban J connectivity index is 2.25. The number of nitrogens with zero attached hydrogens (tertiary/aromatic N) is 1. The number of ether oxygens (including phenoxy) is 2. The SMILES string of the molecule is COCCNCC(C)N1CC(C)OCC1C. The summed E-state index contributed by atoms with van der Waals surface area (Å²) in [5.74, 6) is 0. The van der Waals surface area contributed by atoms with Crippen LogP contribution in [0.5, 0.6) is 0 Å². The van der Waals surface area contributed by atoms with E-state index in [1.807, 2.05) is 0 Å². The lowest BCUT2D eigenvalue weighted by atomic mass is 10.1. The topological polar surface area (TPSA) is 33.7 Å². The number of morpholine rings is 1. The Kier molecular flexibility index (Phi) is 6.28. The van der Waals surface area contributed by atoms with E-state index in [2.05, 4.69) is 31.0 Å². The van der Waals surface area contributed by atoms with E-state index >= 15 is 0 Å². The number of methoxy groups -OCH3 is 1. The van der Waals surface area contributed by atoms with Gasteiger partial charge in [-0.2, -0.15) is 0 Å². The lowest BCUT2D eigenvalue weighted by Crippen LogP contribution is -2.53. The highest BCUT2D eigenvalue weighted by Gasteiger charge is 2.26. The van der Waals surface area contributed by atoms with Gasteiger partial charge in [0, 0.05) is 38.8 Å². The maximum absolute atomic E-state index is 5.63. The predicted molar refractivity (Wildman–Crippen MR) is 65.8 cm³/mol. The third-order valence-electron chi connectivity index (χ3n) is 3.14. The quantitative estimate of drug-likeness (QED) is 0.682. The van der Waals surface area contributed by atoms with Crippen molar-refractivity contribution in [3.63, 3.8) is 0 Å². The van der Waals surface area contributed by atoms with Crippen LogP contribution in [0.4, 0.5) is 0 Å². The van der Waals surface area contributed by atoms with E-state index in [0.29, 0.717) is 18.2 Å². The van der Waals surface area contributed by atoms with Gasteiger partial charge in [-0.15, -0.1) is 0 Å². The summed E-state index contributed by atoms with van der Waals surface area (Å²) < 4.78 is 10.6. The van der Waals surface area contributed by atoms with Crippen molar-refractivity contribution in [3.8, 4) is 0 Å². The highest BCUT2D eigenvalue weighted by Crippen LogP contribution is 2.14. The number of hydrogen-bond acceptors (Lipinski definition) is 4. The summed E-state index contributed by atoms with van der Waals surface area (Å²) in [6.45, 7) is 11.3. The molecule has 4 nitrogen and oxygen atoms in total. The van der Waals surface area contributed by atoms with Crippen LogP contribution in [-0.2, 0) is 9.47 Å². The molecule has 1 N–H and O–H groups in total. The molecule has 1 heterocycles. The molecule has 1 fully saturated rings. The van der Waals surface area contributed by atoms with E-state index in [1.165, 1.54) is 0 Å². The molecule has 96 valence electrons. The summed E-state index contributed by atoms with van der Waals surface area (Å²) in [5, 5.41) is 3.41. The summed E-state index contributed by atoms with van der Waals surface area (Å²) in [6.07, 6.45) is 0.359. The Hall–Kier alpha value is -0.160. The molecule has 1 aliphatic heterocycles. The molecule has 0 spiro atoms. The second-order valence-electron chi connectivity index (χ2n) is 4.74. The zero-order chi connectivity index (χ0) is 12.0. The molecule has 0 radical (unpaired) electrons. The lowest BCUT2D eigenvalue weighted by Gasteiger charge is -2.40. The second-order valence-corrected chi connectivity index (χ2v) is 4.74. The Bertz CT molecular complexity index is 190. The van der Waals surface area contributed by atoms with Crippen LogP contribution < -0.4 is 5.32 Å². The monoisotopic (exact) mass is 230 g/mol. The number of rotatable bonds is 6. The van der Waals surface area contributed by atoms with Crippen molar-refractivity contribution in [2.75, 3.05) is 40.0 Å². The van der Waals surface area contributed by atoms with E-state index in [4.69, 9.17) is 9.47 Å². The maximum Gasteiger partial charge on any atom is 0.0674 e. The molecule has 0 saturated carbocycles. The predicted octanol–water partition coefficient (Wildman–Crippen LogP) is 0.720. The summed E-state index contributed by atoms with van der Waals surface area (Å²) in [6, 6.07) is 1.08. The Morgan fingerprint density at radius 3 is 2.94 bits per heavy atom. The molecule has 0 aromatic rings. The van der Waals surface area contributed by atoms with E-state index in [0.717, 1.165) is 32.8 Å². The first-order valence-corrected chi connectivity index (χ1v) is 6.22. The van der Waals surface area contributed by atoms with Crippen LogP contribution in [0.15, 0.2) is 0 Å². The fourth-order valence-electron chi connectivity index (χ4n) is 2.15. The summed E-state index contributed by atoms with van der Waals surface area (Å²) in [4.78, 5) is 2.52. The molecule has 4 heteroatoms. The van der Waals surface area contributed by atoms with E-state index in [1.54, 1.807) is 7.11 Å². The van der Waals surface area contributed by atoms with Crippen LogP contribution in [0.2, 0.25) is 0 Å². The van der Waals surface area contributed by atoms with Gasteiger partial charge in [-0.05, 0) is 20.8 Å². The van der Waals surface area contributed by atoms with Crippen LogP contribution in [0.25, 0.3) is 0 Å². The van der Waals surface area contributed by atoms with Crippen LogP contribution in [0, 0.1) is 0 Å². The molecular weight excluding hydrogens is 204 g/mol. The van der Waals surface area contributed by atoms with Crippen molar-refractivity contribution in [1.29, 1.82) is 0 Å². The van der Waals surface area contributed by atoms with Gasteiger partial charge in [0.2, 0.25) is 0 Å². The average molecular weight is 230 g/mol. The average Bonchev–Trinajstić information content (AvgIpc) is 2.27. The van der Waals surface area contributed by atoms with E-state index in [-0.39, 0.29) is 0 Å². The highest BCUT2D eigenvalue weighted by atomic mass is 16.5. The molecule has 1 aliphatic rings. The molecule has 16 heavy (non-hydrogen) atoms. The maximum atomic E-state index is 5.63. The number of nitrogens with one attached hydrogen (secondary N) is 1. The lowest BCUT2D eigenvalue weighted by molar-refractivity contribution is -0.0630. The summed E-state index contributed by atoms with van der Waals surface area (Å²) in [5.41, 5.74) is 0.